The average Bonchev–Trinajstić information content (AvgIpc) is 2.57. The van der Waals surface area contributed by atoms with Crippen LogP contribution in [0.1, 0.15) is 11.1 Å². The molecule has 107 valence electrons. The zero-order valence-corrected chi connectivity index (χ0v) is 11.9. The third-order valence-corrected chi connectivity index (χ3v) is 3.15. The molecular weight excluding hydrogens is 272 g/mol. The largest absolute Gasteiger partial charge is 0.507 e. The molecule has 1 radical (unpaired) electrons. The molecule has 3 aromatic carbocycles. The molecular formula is C20H15O2. The van der Waals surface area contributed by atoms with E-state index in [-0.39, 0.29) is 5.75 Å². The number of hydrogen-bond acceptors (Lipinski definition) is 2. The van der Waals surface area contributed by atoms with Crippen LogP contribution in [0.3, 0.4) is 0 Å². The number of phenolic OH excluding ortho intramolecular Hbond substituents is 1. The second-order valence-corrected chi connectivity index (χ2v) is 4.82. The molecule has 3 rings (SSSR count). The van der Waals surface area contributed by atoms with E-state index in [2.05, 4.69) is 6.07 Å². The summed E-state index contributed by atoms with van der Waals surface area (Å²) in [7, 11) is 0. The van der Waals surface area contributed by atoms with Crippen molar-refractivity contribution >= 4 is 12.2 Å². The van der Waals surface area contributed by atoms with E-state index in [1.54, 1.807) is 12.1 Å². The van der Waals surface area contributed by atoms with Crippen molar-refractivity contribution in [2.75, 3.05) is 0 Å². The Morgan fingerprint density at radius 3 is 2.05 bits per heavy atom. The topological polar surface area (TPSA) is 29.5 Å². The molecule has 0 bridgehead atoms. The minimum Gasteiger partial charge on any atom is -0.507 e. The fraction of sp³-hybridized carbons (Fsp3) is 0. The summed E-state index contributed by atoms with van der Waals surface area (Å²) in [6, 6.07) is 25.5. The minimum absolute atomic E-state index is 0.152. The number of aromatic hydroxyl groups is 1. The van der Waals surface area contributed by atoms with Gasteiger partial charge in [-0.3, -0.25) is 0 Å². The molecule has 0 aliphatic heterocycles. The van der Waals surface area contributed by atoms with Crippen molar-refractivity contribution in [2.24, 2.45) is 0 Å². The summed E-state index contributed by atoms with van der Waals surface area (Å²) >= 11 is 0. The molecule has 2 heteroatoms. The normalized spacial score (nSPS) is 10.7. The van der Waals surface area contributed by atoms with Crippen LogP contribution in [0.2, 0.25) is 0 Å². The van der Waals surface area contributed by atoms with Gasteiger partial charge in [0.2, 0.25) is 0 Å². The highest BCUT2D eigenvalue weighted by molar-refractivity contribution is 5.69. The molecule has 22 heavy (non-hydrogen) atoms. The summed E-state index contributed by atoms with van der Waals surface area (Å²) in [5.74, 6) is 1.78. The van der Waals surface area contributed by atoms with Crippen molar-refractivity contribution in [3.8, 4) is 17.2 Å². The van der Waals surface area contributed by atoms with Crippen molar-refractivity contribution < 1.29 is 9.84 Å². The van der Waals surface area contributed by atoms with Gasteiger partial charge in [-0.05, 0) is 47.5 Å². The Morgan fingerprint density at radius 2 is 1.36 bits per heavy atom. The fourth-order valence-electron chi connectivity index (χ4n) is 2.00. The van der Waals surface area contributed by atoms with Crippen LogP contribution in [-0.2, 0) is 0 Å². The number of hydrogen-bond donors (Lipinski definition) is 1. The van der Waals surface area contributed by atoms with E-state index in [1.807, 2.05) is 72.8 Å². The standard InChI is InChI=1S/C20H15O2/c21-18-12-8-16(9-13-18)6-7-17-10-14-20(15-11-17)22-19-4-2-1-3-5-19/h1-12,14-15,21H/b7-6+. The van der Waals surface area contributed by atoms with Gasteiger partial charge < -0.3 is 9.84 Å². The lowest BCUT2D eigenvalue weighted by atomic mass is 10.1. The Hall–Kier alpha value is -3.00. The Morgan fingerprint density at radius 1 is 0.727 bits per heavy atom. The third kappa shape index (κ3) is 3.76. The SMILES string of the molecule is Oc1[c]cc(/C=C/c2ccc(Oc3ccccc3)cc2)cc1. The predicted octanol–water partition coefficient (Wildman–Crippen LogP) is 5.16. The highest BCUT2D eigenvalue weighted by Crippen LogP contribution is 2.21. The van der Waals surface area contributed by atoms with Gasteiger partial charge in [-0.25, -0.2) is 0 Å². The molecule has 1 N–H and O–H groups in total. The lowest BCUT2D eigenvalue weighted by Crippen LogP contribution is -1.83. The molecule has 0 aliphatic carbocycles. The second kappa shape index (κ2) is 6.64. The summed E-state index contributed by atoms with van der Waals surface area (Å²) in [5.41, 5.74) is 2.07. The van der Waals surface area contributed by atoms with Crippen LogP contribution < -0.4 is 4.74 Å². The zero-order valence-electron chi connectivity index (χ0n) is 11.9. The molecule has 0 aromatic heterocycles. The third-order valence-electron chi connectivity index (χ3n) is 3.15. The maximum absolute atomic E-state index is 9.20. The van der Waals surface area contributed by atoms with Gasteiger partial charge in [0, 0.05) is 6.07 Å². The smallest absolute Gasteiger partial charge is 0.127 e. The maximum Gasteiger partial charge on any atom is 0.127 e. The number of ether oxygens (including phenoxy) is 1. The van der Waals surface area contributed by atoms with Gasteiger partial charge in [-0.15, -0.1) is 0 Å². The molecule has 0 atom stereocenters. The molecule has 0 spiro atoms. The maximum atomic E-state index is 9.20. The minimum atomic E-state index is 0.152. The highest BCUT2D eigenvalue weighted by Gasteiger charge is 1.96. The van der Waals surface area contributed by atoms with Crippen LogP contribution in [0.5, 0.6) is 17.2 Å². The summed E-state index contributed by atoms with van der Waals surface area (Å²) in [6.45, 7) is 0. The summed E-state index contributed by atoms with van der Waals surface area (Å²) in [5, 5.41) is 9.20. The number of benzene rings is 3. The summed E-state index contributed by atoms with van der Waals surface area (Å²) in [4.78, 5) is 0. The number of rotatable bonds is 4. The van der Waals surface area contributed by atoms with Crippen molar-refractivity contribution in [1.29, 1.82) is 0 Å². The number of para-hydroxylation sites is 1. The van der Waals surface area contributed by atoms with Crippen molar-refractivity contribution in [1.82, 2.24) is 0 Å². The van der Waals surface area contributed by atoms with Crippen LogP contribution in [-0.4, -0.2) is 5.11 Å². The lowest BCUT2D eigenvalue weighted by Gasteiger charge is -2.05. The van der Waals surface area contributed by atoms with E-state index in [4.69, 9.17) is 4.74 Å². The van der Waals surface area contributed by atoms with E-state index in [1.165, 1.54) is 0 Å². The summed E-state index contributed by atoms with van der Waals surface area (Å²) < 4.78 is 5.75. The molecule has 0 saturated heterocycles. The van der Waals surface area contributed by atoms with Crippen LogP contribution in [0, 0.1) is 6.07 Å². The van der Waals surface area contributed by atoms with Crippen LogP contribution in [0.15, 0.2) is 72.8 Å². The van der Waals surface area contributed by atoms with Gasteiger partial charge in [-0.2, -0.15) is 0 Å². The summed E-state index contributed by atoms with van der Waals surface area (Å²) in [6.07, 6.45) is 3.98. The Balaban J connectivity index is 1.67. The van der Waals surface area contributed by atoms with Gasteiger partial charge in [0.05, 0.1) is 0 Å². The second-order valence-electron chi connectivity index (χ2n) is 4.82. The monoisotopic (exact) mass is 287 g/mol. The van der Waals surface area contributed by atoms with Gasteiger partial charge in [-0.1, -0.05) is 48.6 Å². The quantitative estimate of drug-likeness (QED) is 0.672. The van der Waals surface area contributed by atoms with Gasteiger partial charge in [0.1, 0.15) is 17.2 Å². The molecule has 0 heterocycles. The molecule has 0 fully saturated rings. The van der Waals surface area contributed by atoms with Crippen molar-refractivity contribution in [3.63, 3.8) is 0 Å². The molecule has 0 saturated carbocycles. The van der Waals surface area contributed by atoms with E-state index in [9.17, 15) is 5.11 Å². The van der Waals surface area contributed by atoms with Gasteiger partial charge >= 0.3 is 0 Å². The molecule has 3 aromatic rings. The first-order chi connectivity index (χ1) is 10.8. The van der Waals surface area contributed by atoms with Crippen LogP contribution >= 0.6 is 0 Å². The van der Waals surface area contributed by atoms with Crippen LogP contribution in [0.4, 0.5) is 0 Å². The van der Waals surface area contributed by atoms with E-state index in [0.717, 1.165) is 22.6 Å². The van der Waals surface area contributed by atoms with E-state index in [0.29, 0.717) is 0 Å². The van der Waals surface area contributed by atoms with Crippen molar-refractivity contribution in [2.45, 2.75) is 0 Å². The molecule has 2 nitrogen and oxygen atoms in total. The van der Waals surface area contributed by atoms with Crippen LogP contribution in [0.25, 0.3) is 12.2 Å². The first-order valence-corrected chi connectivity index (χ1v) is 7.01. The Kier molecular flexibility index (Phi) is 4.21. The number of phenols is 1. The Labute approximate surface area is 129 Å². The Bertz CT molecular complexity index is 742. The average molecular weight is 287 g/mol. The van der Waals surface area contributed by atoms with Gasteiger partial charge in [0.15, 0.2) is 0 Å². The molecule has 0 aliphatic rings. The van der Waals surface area contributed by atoms with E-state index < -0.39 is 0 Å². The van der Waals surface area contributed by atoms with E-state index >= 15 is 0 Å². The molecule has 0 unspecified atom stereocenters. The first-order valence-electron chi connectivity index (χ1n) is 7.01. The fourth-order valence-corrected chi connectivity index (χ4v) is 2.00. The molecule has 0 amide bonds. The first kappa shape index (κ1) is 14.0. The highest BCUT2D eigenvalue weighted by atomic mass is 16.5. The lowest BCUT2D eigenvalue weighted by molar-refractivity contribution is 0.474. The van der Waals surface area contributed by atoms with Crippen molar-refractivity contribution in [3.05, 3.63) is 90.0 Å². The van der Waals surface area contributed by atoms with Gasteiger partial charge in [0.25, 0.3) is 0 Å². The predicted molar refractivity (Wildman–Crippen MR) is 88.8 cm³/mol. The zero-order chi connectivity index (χ0) is 15.2.